The molecule has 1 aromatic carbocycles. The van der Waals surface area contributed by atoms with Crippen LogP contribution in [0, 0.1) is 5.92 Å². The van der Waals surface area contributed by atoms with E-state index in [9.17, 15) is 15.0 Å². The number of carbonyl (C=O) groups is 1. The van der Waals surface area contributed by atoms with E-state index in [1.807, 2.05) is 52.0 Å². The molecule has 0 saturated heterocycles. The average Bonchev–Trinajstić information content (AvgIpc) is 2.71. The Morgan fingerprint density at radius 2 is 2.10 bits per heavy atom. The summed E-state index contributed by atoms with van der Waals surface area (Å²) in [6, 6.07) is 8.11. The molecule has 166 valence electrons. The molecule has 0 aliphatic carbocycles. The van der Waals surface area contributed by atoms with Gasteiger partial charge in [0.15, 0.2) is 0 Å². The number of hydrogen-bond donors (Lipinski definition) is 2. The van der Waals surface area contributed by atoms with Crippen LogP contribution in [-0.2, 0) is 26.1 Å². The van der Waals surface area contributed by atoms with Crippen molar-refractivity contribution in [2.75, 3.05) is 13.7 Å². The maximum atomic E-state index is 12.4. The Balaban J connectivity index is 2.40. The molecule has 1 aromatic rings. The van der Waals surface area contributed by atoms with Crippen molar-refractivity contribution < 1.29 is 24.5 Å². The highest BCUT2D eigenvalue weighted by Gasteiger charge is 2.33. The Morgan fingerprint density at radius 1 is 1.37 bits per heavy atom. The van der Waals surface area contributed by atoms with Crippen LogP contribution in [0.15, 0.2) is 48.1 Å². The summed E-state index contributed by atoms with van der Waals surface area (Å²) in [6.45, 7) is 7.90. The lowest BCUT2D eigenvalue weighted by Crippen LogP contribution is -2.38. The van der Waals surface area contributed by atoms with Gasteiger partial charge >= 0.3 is 5.97 Å². The van der Waals surface area contributed by atoms with Crippen molar-refractivity contribution in [1.29, 1.82) is 0 Å². The molecule has 1 aliphatic rings. The van der Waals surface area contributed by atoms with E-state index in [1.165, 1.54) is 6.08 Å². The summed E-state index contributed by atoms with van der Waals surface area (Å²) in [7, 11) is 1.61. The summed E-state index contributed by atoms with van der Waals surface area (Å²) in [5, 5.41) is 20.5. The zero-order chi connectivity index (χ0) is 22.3. The molecule has 4 atom stereocenters. The highest BCUT2D eigenvalue weighted by Crippen LogP contribution is 2.32. The molecule has 0 amide bonds. The number of rotatable bonds is 4. The topological polar surface area (TPSA) is 76.0 Å². The largest absolute Gasteiger partial charge is 0.455 e. The van der Waals surface area contributed by atoms with E-state index in [2.05, 4.69) is 6.07 Å². The first kappa shape index (κ1) is 24.3. The van der Waals surface area contributed by atoms with Crippen LogP contribution in [0.5, 0.6) is 0 Å². The zero-order valence-corrected chi connectivity index (χ0v) is 18.8. The molecular formula is C25H36O5. The normalized spacial score (nSPS) is 27.6. The van der Waals surface area contributed by atoms with Gasteiger partial charge in [-0.05, 0) is 36.0 Å². The molecule has 1 aliphatic heterocycles. The Bertz CT molecular complexity index is 765. The van der Waals surface area contributed by atoms with Crippen LogP contribution in [-0.4, -0.2) is 48.2 Å². The lowest BCUT2D eigenvalue weighted by Gasteiger charge is -2.34. The van der Waals surface area contributed by atoms with Crippen molar-refractivity contribution in [3.63, 3.8) is 0 Å². The van der Waals surface area contributed by atoms with E-state index in [-0.39, 0.29) is 18.6 Å². The highest BCUT2D eigenvalue weighted by atomic mass is 16.5. The molecule has 2 bridgehead atoms. The molecule has 1 heterocycles. The molecular weight excluding hydrogens is 380 g/mol. The molecule has 0 radical (unpaired) electrons. The van der Waals surface area contributed by atoms with Gasteiger partial charge < -0.3 is 19.7 Å². The van der Waals surface area contributed by atoms with Gasteiger partial charge in [-0.3, -0.25) is 0 Å². The van der Waals surface area contributed by atoms with Gasteiger partial charge in [-0.2, -0.15) is 0 Å². The number of hydrogen-bond acceptors (Lipinski definition) is 5. The van der Waals surface area contributed by atoms with Gasteiger partial charge in [0.2, 0.25) is 0 Å². The lowest BCUT2D eigenvalue weighted by molar-refractivity contribution is -0.143. The minimum atomic E-state index is -0.631. The van der Waals surface area contributed by atoms with E-state index in [0.717, 1.165) is 16.7 Å². The van der Waals surface area contributed by atoms with Crippen LogP contribution in [0.1, 0.15) is 51.7 Å². The molecule has 30 heavy (non-hydrogen) atoms. The predicted molar refractivity (Wildman–Crippen MR) is 118 cm³/mol. The highest BCUT2D eigenvalue weighted by molar-refractivity contribution is 5.82. The van der Waals surface area contributed by atoms with E-state index in [4.69, 9.17) is 9.47 Å². The number of ether oxygens (including phenoxy) is 2. The third-order valence-electron chi connectivity index (χ3n) is 6.01. The number of allylic oxidation sites excluding steroid dienone is 1. The van der Waals surface area contributed by atoms with E-state index >= 15 is 0 Å². The fourth-order valence-corrected chi connectivity index (χ4v) is 3.77. The van der Waals surface area contributed by atoms with E-state index in [0.29, 0.717) is 19.3 Å². The summed E-state index contributed by atoms with van der Waals surface area (Å²) in [6.07, 6.45) is 5.24. The summed E-state index contributed by atoms with van der Waals surface area (Å²) in [5.41, 5.74) is 2.54. The molecule has 5 heteroatoms. The Morgan fingerprint density at radius 3 is 2.77 bits per heavy atom. The molecule has 0 fully saturated rings. The molecule has 5 nitrogen and oxygen atoms in total. The standard InChI is InChI=1S/C25H36O5/c1-17(16-26)12-18(2)22-14-21(29-5)15-23(27)25(3,4)20-10-6-8-19(13-20)9-7-11-24(28)30-22/h6-8,10-13,17,21-23,26-27H,9,14-16H2,1-5H3/b11-7+,18-12-/t17-,21-,22+,23+/m1/s1. The lowest BCUT2D eigenvalue weighted by atomic mass is 9.76. The Kier molecular flexibility index (Phi) is 8.83. The van der Waals surface area contributed by atoms with Gasteiger partial charge in [0, 0.05) is 38.0 Å². The molecule has 0 spiro atoms. The van der Waals surface area contributed by atoms with Crippen LogP contribution in [0.3, 0.4) is 0 Å². The minimum Gasteiger partial charge on any atom is -0.455 e. The van der Waals surface area contributed by atoms with Gasteiger partial charge in [0.25, 0.3) is 0 Å². The summed E-state index contributed by atoms with van der Waals surface area (Å²) in [4.78, 5) is 12.4. The third-order valence-corrected chi connectivity index (χ3v) is 6.01. The van der Waals surface area contributed by atoms with Gasteiger partial charge in [0.1, 0.15) is 6.10 Å². The minimum absolute atomic E-state index is 0.0241. The first-order valence-electron chi connectivity index (χ1n) is 10.6. The SMILES string of the molecule is CO[C@@H]1C[C@@H](/C(C)=C\[C@@H](C)CO)OC(=O)/C=C/Cc2cccc(c2)C(C)(C)[C@@H](O)C1. The van der Waals surface area contributed by atoms with E-state index in [1.54, 1.807) is 13.2 Å². The van der Waals surface area contributed by atoms with Crippen LogP contribution in [0.25, 0.3) is 0 Å². The average molecular weight is 417 g/mol. The predicted octanol–water partition coefficient (Wildman–Crippen LogP) is 3.72. The fraction of sp³-hybridized carbons (Fsp3) is 0.560. The maximum Gasteiger partial charge on any atom is 0.331 e. The third kappa shape index (κ3) is 6.53. The van der Waals surface area contributed by atoms with E-state index < -0.39 is 23.6 Å². The quantitative estimate of drug-likeness (QED) is 0.578. The zero-order valence-electron chi connectivity index (χ0n) is 18.8. The van der Waals surface area contributed by atoms with Crippen molar-refractivity contribution in [1.82, 2.24) is 0 Å². The monoisotopic (exact) mass is 416 g/mol. The smallest absolute Gasteiger partial charge is 0.331 e. The van der Waals surface area contributed by atoms with Crippen molar-refractivity contribution in [3.8, 4) is 0 Å². The van der Waals surface area contributed by atoms with Crippen molar-refractivity contribution >= 4 is 5.97 Å². The number of aliphatic hydroxyl groups excluding tert-OH is 2. The number of fused-ring (bicyclic) bond motifs is 2. The second-order valence-electron chi connectivity index (χ2n) is 8.87. The van der Waals surface area contributed by atoms with Crippen LogP contribution in [0.2, 0.25) is 0 Å². The number of benzene rings is 1. The van der Waals surface area contributed by atoms with Gasteiger partial charge in [-0.1, -0.05) is 57.2 Å². The van der Waals surface area contributed by atoms with Crippen molar-refractivity contribution in [3.05, 3.63) is 59.2 Å². The van der Waals surface area contributed by atoms with Crippen LogP contribution >= 0.6 is 0 Å². The van der Waals surface area contributed by atoms with Crippen LogP contribution < -0.4 is 0 Å². The molecule has 2 N–H and O–H groups in total. The number of carbonyl (C=O) groups excluding carboxylic acids is 1. The van der Waals surface area contributed by atoms with Gasteiger partial charge in [0.05, 0.1) is 12.2 Å². The first-order valence-corrected chi connectivity index (χ1v) is 10.6. The molecule has 2 rings (SSSR count). The first-order chi connectivity index (χ1) is 14.2. The number of cyclic esters (lactones) is 1. The number of esters is 1. The second-order valence-corrected chi connectivity index (χ2v) is 8.87. The van der Waals surface area contributed by atoms with Gasteiger partial charge in [-0.25, -0.2) is 4.79 Å². The summed E-state index contributed by atoms with van der Waals surface area (Å²) >= 11 is 0. The van der Waals surface area contributed by atoms with Crippen molar-refractivity contribution in [2.24, 2.45) is 5.92 Å². The Hall–Kier alpha value is -1.95. The molecule has 0 aromatic heterocycles. The fourth-order valence-electron chi connectivity index (χ4n) is 3.77. The second kappa shape index (κ2) is 10.9. The number of methoxy groups -OCH3 is 1. The van der Waals surface area contributed by atoms with Crippen LogP contribution in [0.4, 0.5) is 0 Å². The molecule has 0 saturated carbocycles. The summed E-state index contributed by atoms with van der Waals surface area (Å²) in [5.74, 6) is -0.448. The Labute approximate surface area is 180 Å². The molecule has 0 unspecified atom stereocenters. The van der Waals surface area contributed by atoms with Crippen molar-refractivity contribution in [2.45, 2.75) is 70.7 Å². The van der Waals surface area contributed by atoms with Gasteiger partial charge in [-0.15, -0.1) is 0 Å². The number of aliphatic hydroxyl groups is 2. The summed E-state index contributed by atoms with van der Waals surface area (Å²) < 4.78 is 11.4. The maximum absolute atomic E-state index is 12.4.